The van der Waals surface area contributed by atoms with Crippen LogP contribution in [0.2, 0.25) is 0 Å². The van der Waals surface area contributed by atoms with Gasteiger partial charge in [-0.2, -0.15) is 5.26 Å². The third-order valence-corrected chi connectivity index (χ3v) is 1.13. The lowest BCUT2D eigenvalue weighted by Crippen LogP contribution is -2.15. The molecule has 0 radical (unpaired) electrons. The maximum Gasteiger partial charge on any atom is 0.175 e. The van der Waals surface area contributed by atoms with E-state index in [0.717, 1.165) is 12.8 Å². The Morgan fingerprint density at radius 1 is 1.71 bits per heavy atom. The zero-order chi connectivity index (χ0) is 5.33. The number of hydrogen-bond donors (Lipinski definition) is 1. The van der Waals surface area contributed by atoms with E-state index < -0.39 is 5.60 Å². The average Bonchev–Trinajstić information content (AvgIpc) is 2.46. The van der Waals surface area contributed by atoms with E-state index in [1.807, 2.05) is 6.07 Å². The van der Waals surface area contributed by atoms with Crippen LogP contribution in [0.1, 0.15) is 12.8 Å². The van der Waals surface area contributed by atoms with Crippen LogP contribution in [-0.4, -0.2) is 5.60 Å². The summed E-state index contributed by atoms with van der Waals surface area (Å²) in [5, 5.41) is 8.20. The highest BCUT2D eigenvalue weighted by molar-refractivity contribution is 5.12. The number of nitrogens with zero attached hydrogens (tertiary/aromatic N) is 1. The highest BCUT2D eigenvalue weighted by Crippen LogP contribution is 2.36. The molecule has 0 atom stereocenters. The lowest BCUT2D eigenvalue weighted by molar-refractivity contribution is 0.0731. The van der Waals surface area contributed by atoms with Gasteiger partial charge in [0.2, 0.25) is 0 Å². The van der Waals surface area contributed by atoms with E-state index in [1.165, 1.54) is 0 Å². The smallest absolute Gasteiger partial charge is 0.175 e. The van der Waals surface area contributed by atoms with Crippen LogP contribution in [0.15, 0.2) is 0 Å². The van der Waals surface area contributed by atoms with Crippen molar-refractivity contribution in [2.45, 2.75) is 18.4 Å². The van der Waals surface area contributed by atoms with Crippen LogP contribution in [0.4, 0.5) is 0 Å². The van der Waals surface area contributed by atoms with Gasteiger partial charge < -0.3 is 0 Å². The number of nitriles is 1. The molecule has 0 aromatic heterocycles. The van der Waals surface area contributed by atoms with Crippen LogP contribution >= 0.6 is 0 Å². The molecule has 0 saturated heterocycles. The monoisotopic (exact) mass is 98.0 g/mol. The topological polar surface area (TPSA) is 59.0 Å². The maximum absolute atomic E-state index is 8.20. The van der Waals surface area contributed by atoms with E-state index in [4.69, 9.17) is 11.2 Å². The summed E-state index contributed by atoms with van der Waals surface area (Å²) in [5.74, 6) is 4.76. The predicted octanol–water partition coefficient (Wildman–Crippen LogP) is -0.0671. The Labute approximate surface area is 41.6 Å². The van der Waals surface area contributed by atoms with E-state index in [9.17, 15) is 0 Å². The third kappa shape index (κ3) is 0.581. The van der Waals surface area contributed by atoms with E-state index >= 15 is 0 Å². The van der Waals surface area contributed by atoms with Crippen molar-refractivity contribution in [3.8, 4) is 6.07 Å². The molecule has 0 unspecified atom stereocenters. The van der Waals surface area contributed by atoms with Crippen molar-refractivity contribution in [1.29, 1.82) is 5.26 Å². The molecule has 3 nitrogen and oxygen atoms in total. The molecule has 1 aliphatic rings. The molecule has 1 rings (SSSR count). The van der Waals surface area contributed by atoms with Crippen molar-refractivity contribution in [3.63, 3.8) is 0 Å². The van der Waals surface area contributed by atoms with Gasteiger partial charge in [0.25, 0.3) is 0 Å². The molecular weight excluding hydrogens is 92.1 g/mol. The molecule has 1 fully saturated rings. The van der Waals surface area contributed by atoms with Crippen LogP contribution in [0, 0.1) is 11.3 Å². The van der Waals surface area contributed by atoms with Crippen LogP contribution in [0.25, 0.3) is 0 Å². The van der Waals surface area contributed by atoms with Crippen molar-refractivity contribution < 1.29 is 4.84 Å². The first-order valence-corrected chi connectivity index (χ1v) is 2.12. The van der Waals surface area contributed by atoms with Gasteiger partial charge in [0.15, 0.2) is 5.60 Å². The average molecular weight is 98.1 g/mol. The summed E-state index contributed by atoms with van der Waals surface area (Å²) in [6.45, 7) is 0. The Bertz CT molecular complexity index is 111. The van der Waals surface area contributed by atoms with Crippen LogP contribution in [0.5, 0.6) is 0 Å². The summed E-state index contributed by atoms with van der Waals surface area (Å²) in [6.07, 6.45) is 1.58. The van der Waals surface area contributed by atoms with Gasteiger partial charge in [0, 0.05) is 0 Å². The lowest BCUT2D eigenvalue weighted by atomic mass is 10.4. The number of hydrogen-bond acceptors (Lipinski definition) is 3. The van der Waals surface area contributed by atoms with Gasteiger partial charge in [-0.3, -0.25) is 4.84 Å². The number of nitrogens with two attached hydrogens (primary N) is 1. The zero-order valence-corrected chi connectivity index (χ0v) is 3.85. The molecule has 0 amide bonds. The van der Waals surface area contributed by atoms with Gasteiger partial charge in [-0.1, -0.05) is 0 Å². The Balaban J connectivity index is 2.47. The highest BCUT2D eigenvalue weighted by atomic mass is 16.6. The van der Waals surface area contributed by atoms with Crippen molar-refractivity contribution >= 4 is 0 Å². The standard InChI is InChI=1S/C4H6N2O/c5-3-4(7-6)1-2-4/h1-2,6H2. The fourth-order valence-electron chi connectivity index (χ4n) is 0.370. The van der Waals surface area contributed by atoms with Gasteiger partial charge >= 0.3 is 0 Å². The van der Waals surface area contributed by atoms with Gasteiger partial charge in [-0.25, -0.2) is 5.90 Å². The van der Waals surface area contributed by atoms with Crippen LogP contribution in [-0.2, 0) is 4.84 Å². The van der Waals surface area contributed by atoms with Crippen molar-refractivity contribution in [2.24, 2.45) is 5.90 Å². The molecule has 2 N–H and O–H groups in total. The minimum Gasteiger partial charge on any atom is -0.283 e. The van der Waals surface area contributed by atoms with Crippen LogP contribution in [0.3, 0.4) is 0 Å². The molecule has 0 aromatic carbocycles. The third-order valence-electron chi connectivity index (χ3n) is 1.13. The minimum absolute atomic E-state index is 0.583. The summed E-state index contributed by atoms with van der Waals surface area (Å²) < 4.78 is 0. The van der Waals surface area contributed by atoms with E-state index in [1.54, 1.807) is 0 Å². The quantitative estimate of drug-likeness (QED) is 0.467. The van der Waals surface area contributed by atoms with Gasteiger partial charge in [-0.05, 0) is 12.8 Å². The second kappa shape index (κ2) is 1.19. The zero-order valence-electron chi connectivity index (χ0n) is 3.85. The molecule has 7 heavy (non-hydrogen) atoms. The SMILES string of the molecule is N#CC1(ON)CC1. The first-order valence-electron chi connectivity index (χ1n) is 2.12. The Hall–Kier alpha value is -0.590. The maximum atomic E-state index is 8.20. The molecule has 0 heterocycles. The number of rotatable bonds is 1. The summed E-state index contributed by atoms with van der Waals surface area (Å²) in [5.41, 5.74) is -0.583. The molecule has 1 saturated carbocycles. The normalized spacial score (nSPS) is 23.4. The van der Waals surface area contributed by atoms with Crippen molar-refractivity contribution in [1.82, 2.24) is 0 Å². The Kier molecular flexibility index (Phi) is 0.775. The summed E-state index contributed by atoms with van der Waals surface area (Å²) in [7, 11) is 0. The molecular formula is C4H6N2O. The lowest BCUT2D eigenvalue weighted by Gasteiger charge is -1.95. The van der Waals surface area contributed by atoms with E-state index in [2.05, 4.69) is 4.84 Å². The largest absolute Gasteiger partial charge is 0.283 e. The molecule has 0 aliphatic heterocycles. The molecule has 1 aliphatic carbocycles. The first kappa shape index (κ1) is 4.57. The molecule has 3 heteroatoms. The fourth-order valence-corrected chi connectivity index (χ4v) is 0.370. The first-order chi connectivity index (χ1) is 3.33. The van der Waals surface area contributed by atoms with Crippen molar-refractivity contribution in [3.05, 3.63) is 0 Å². The Morgan fingerprint density at radius 2 is 2.29 bits per heavy atom. The molecule has 0 spiro atoms. The second-order valence-corrected chi connectivity index (χ2v) is 1.72. The minimum atomic E-state index is -0.583. The molecule has 0 aromatic rings. The van der Waals surface area contributed by atoms with Crippen LogP contribution < -0.4 is 5.90 Å². The summed E-state index contributed by atoms with van der Waals surface area (Å²) >= 11 is 0. The molecule has 38 valence electrons. The van der Waals surface area contributed by atoms with Gasteiger partial charge in [0.1, 0.15) is 0 Å². The Morgan fingerprint density at radius 3 is 2.29 bits per heavy atom. The summed E-state index contributed by atoms with van der Waals surface area (Å²) in [6, 6.07) is 1.95. The fraction of sp³-hybridized carbons (Fsp3) is 0.750. The molecule has 0 bridgehead atoms. The van der Waals surface area contributed by atoms with E-state index in [0.29, 0.717) is 0 Å². The second-order valence-electron chi connectivity index (χ2n) is 1.72. The highest BCUT2D eigenvalue weighted by Gasteiger charge is 2.44. The van der Waals surface area contributed by atoms with Gasteiger partial charge in [0.05, 0.1) is 6.07 Å². The predicted molar refractivity (Wildman–Crippen MR) is 22.9 cm³/mol. The summed E-state index contributed by atoms with van der Waals surface area (Å²) in [4.78, 5) is 4.34. The van der Waals surface area contributed by atoms with E-state index in [-0.39, 0.29) is 0 Å². The van der Waals surface area contributed by atoms with Crippen molar-refractivity contribution in [2.75, 3.05) is 0 Å². The van der Waals surface area contributed by atoms with Gasteiger partial charge in [-0.15, -0.1) is 0 Å².